The summed E-state index contributed by atoms with van der Waals surface area (Å²) in [6.07, 6.45) is 5.13. The van der Waals surface area contributed by atoms with E-state index in [1.54, 1.807) is 12.4 Å². The van der Waals surface area contributed by atoms with E-state index in [1.165, 1.54) is 0 Å². The third kappa shape index (κ3) is 6.36. The molecule has 2 aromatic rings. The second kappa shape index (κ2) is 11.9. The highest BCUT2D eigenvalue weighted by molar-refractivity contribution is 5.95. The first-order valence-corrected chi connectivity index (χ1v) is 9.10. The molecule has 0 atom stereocenters. The van der Waals surface area contributed by atoms with Gasteiger partial charge in [0, 0.05) is 30.1 Å². The number of aromatic nitrogens is 1. The number of aryl methyl sites for hydroxylation is 2. The van der Waals surface area contributed by atoms with Gasteiger partial charge >= 0.3 is 0 Å². The Hall–Kier alpha value is -1.82. The first-order valence-electron chi connectivity index (χ1n) is 9.10. The summed E-state index contributed by atoms with van der Waals surface area (Å²) in [4.78, 5) is 16.8. The van der Waals surface area contributed by atoms with E-state index in [-0.39, 0.29) is 36.3 Å². The Labute approximate surface area is 180 Å². The first-order chi connectivity index (χ1) is 12.4. The molecule has 0 saturated heterocycles. The fourth-order valence-corrected chi connectivity index (χ4v) is 3.03. The number of pyridine rings is 1. The maximum absolute atomic E-state index is 12.7. The zero-order valence-electron chi connectivity index (χ0n) is 17.0. The molecule has 0 bridgehead atoms. The molecule has 156 valence electrons. The summed E-state index contributed by atoms with van der Waals surface area (Å²) in [5.74, 6) is 0.714. The summed E-state index contributed by atoms with van der Waals surface area (Å²) < 4.78 is 5.96. The molecular weight excluding hydrogens is 397 g/mol. The van der Waals surface area contributed by atoms with Gasteiger partial charge in [-0.25, -0.2) is 0 Å². The van der Waals surface area contributed by atoms with Crippen LogP contribution in [-0.4, -0.2) is 23.0 Å². The summed E-state index contributed by atoms with van der Waals surface area (Å²) in [5, 5.41) is 3.11. The van der Waals surface area contributed by atoms with Gasteiger partial charge in [-0.15, -0.1) is 24.8 Å². The fraction of sp³-hybridized carbons (Fsp3) is 0.429. The number of amides is 1. The molecule has 3 N–H and O–H groups in total. The summed E-state index contributed by atoms with van der Waals surface area (Å²) in [6, 6.07) is 7.60. The van der Waals surface area contributed by atoms with Gasteiger partial charge in [0.25, 0.3) is 5.91 Å². The van der Waals surface area contributed by atoms with Gasteiger partial charge in [-0.2, -0.15) is 0 Å². The minimum atomic E-state index is -0.353. The Kier molecular flexibility index (Phi) is 11.1. The third-order valence-electron chi connectivity index (χ3n) is 4.95. The molecule has 1 aromatic heterocycles. The van der Waals surface area contributed by atoms with Crippen molar-refractivity contribution in [3.8, 4) is 5.75 Å². The lowest BCUT2D eigenvalue weighted by atomic mass is 9.92. The Balaban J connectivity index is 0.00000364. The summed E-state index contributed by atoms with van der Waals surface area (Å²) in [6.45, 7) is 8.88. The van der Waals surface area contributed by atoms with Crippen LogP contribution in [0.1, 0.15) is 53.7 Å². The van der Waals surface area contributed by atoms with Crippen LogP contribution in [0.15, 0.2) is 36.7 Å². The number of halogens is 2. The standard InChI is InChI=1S/C21H29N3O2.2ClH/c1-5-21(6-2,14-22)24-20(25)18-10-15(3)19(16(4)11-18)26-13-17-8-7-9-23-12-17;;/h7-12H,5-6,13-14,22H2,1-4H3,(H,24,25);2*1H. The molecule has 0 saturated carbocycles. The minimum absolute atomic E-state index is 0. The van der Waals surface area contributed by atoms with E-state index in [4.69, 9.17) is 10.5 Å². The van der Waals surface area contributed by atoms with Crippen LogP contribution >= 0.6 is 24.8 Å². The Morgan fingerprint density at radius 1 is 1.18 bits per heavy atom. The molecule has 28 heavy (non-hydrogen) atoms. The van der Waals surface area contributed by atoms with Crippen LogP contribution in [0.2, 0.25) is 0 Å². The second-order valence-electron chi connectivity index (χ2n) is 6.73. The largest absolute Gasteiger partial charge is 0.488 e. The van der Waals surface area contributed by atoms with Crippen LogP contribution < -0.4 is 15.8 Å². The lowest BCUT2D eigenvalue weighted by Crippen LogP contribution is -2.52. The Morgan fingerprint density at radius 3 is 2.25 bits per heavy atom. The number of hydrogen-bond acceptors (Lipinski definition) is 4. The predicted octanol–water partition coefficient (Wildman–Crippen LogP) is 4.37. The quantitative estimate of drug-likeness (QED) is 0.655. The molecule has 7 heteroatoms. The number of benzene rings is 1. The smallest absolute Gasteiger partial charge is 0.251 e. The minimum Gasteiger partial charge on any atom is -0.488 e. The normalized spacial score (nSPS) is 10.5. The molecule has 1 heterocycles. The highest BCUT2D eigenvalue weighted by atomic mass is 35.5. The molecule has 1 aromatic carbocycles. The summed E-state index contributed by atoms with van der Waals surface area (Å²) in [7, 11) is 0. The van der Waals surface area contributed by atoms with Crippen LogP contribution in [0.25, 0.3) is 0 Å². The number of carbonyl (C=O) groups excluding carboxylic acids is 1. The predicted molar refractivity (Wildman–Crippen MR) is 119 cm³/mol. The monoisotopic (exact) mass is 427 g/mol. The van der Waals surface area contributed by atoms with Crippen molar-refractivity contribution in [1.82, 2.24) is 10.3 Å². The van der Waals surface area contributed by atoms with Crippen LogP contribution in [0.5, 0.6) is 5.75 Å². The van der Waals surface area contributed by atoms with Crippen LogP contribution in [0.4, 0.5) is 0 Å². The molecule has 0 aliphatic rings. The number of rotatable bonds is 8. The molecule has 5 nitrogen and oxygen atoms in total. The van der Waals surface area contributed by atoms with Gasteiger partial charge < -0.3 is 15.8 Å². The van der Waals surface area contributed by atoms with E-state index in [1.807, 2.05) is 52.0 Å². The fourth-order valence-electron chi connectivity index (χ4n) is 3.03. The van der Waals surface area contributed by atoms with E-state index in [0.29, 0.717) is 18.7 Å². The highest BCUT2D eigenvalue weighted by Crippen LogP contribution is 2.26. The molecule has 0 aliphatic carbocycles. The zero-order chi connectivity index (χ0) is 19.2. The average Bonchev–Trinajstić information content (AvgIpc) is 2.66. The van der Waals surface area contributed by atoms with Crippen molar-refractivity contribution in [3.05, 3.63) is 58.9 Å². The SMILES string of the molecule is CCC(CC)(CN)NC(=O)c1cc(C)c(OCc2cccnc2)c(C)c1.Cl.Cl. The first kappa shape index (κ1) is 26.2. The number of ether oxygens (including phenoxy) is 1. The van der Waals surface area contributed by atoms with E-state index < -0.39 is 0 Å². The van der Waals surface area contributed by atoms with Gasteiger partial charge in [-0.05, 0) is 56.0 Å². The number of nitrogens with two attached hydrogens (primary N) is 1. The maximum Gasteiger partial charge on any atom is 0.251 e. The molecule has 0 radical (unpaired) electrons. The van der Waals surface area contributed by atoms with Crippen molar-refractivity contribution < 1.29 is 9.53 Å². The van der Waals surface area contributed by atoms with Gasteiger partial charge in [0.2, 0.25) is 0 Å². The molecule has 0 fully saturated rings. The van der Waals surface area contributed by atoms with Crippen LogP contribution in [-0.2, 0) is 6.61 Å². The van der Waals surface area contributed by atoms with Crippen molar-refractivity contribution in [2.45, 2.75) is 52.7 Å². The lowest BCUT2D eigenvalue weighted by molar-refractivity contribution is 0.0895. The average molecular weight is 428 g/mol. The van der Waals surface area contributed by atoms with Gasteiger partial charge in [-0.1, -0.05) is 19.9 Å². The summed E-state index contributed by atoms with van der Waals surface area (Å²) in [5.41, 5.74) is 9.05. The third-order valence-corrected chi connectivity index (χ3v) is 4.95. The molecule has 0 aliphatic heterocycles. The van der Waals surface area contributed by atoms with Crippen molar-refractivity contribution in [3.63, 3.8) is 0 Å². The molecule has 0 unspecified atom stereocenters. The van der Waals surface area contributed by atoms with Gasteiger partial charge in [0.05, 0.1) is 5.54 Å². The number of hydrogen-bond donors (Lipinski definition) is 2. The van der Waals surface area contributed by atoms with E-state index in [2.05, 4.69) is 10.3 Å². The Bertz CT molecular complexity index is 719. The topological polar surface area (TPSA) is 77.2 Å². The van der Waals surface area contributed by atoms with Crippen LogP contribution in [0.3, 0.4) is 0 Å². The van der Waals surface area contributed by atoms with Crippen molar-refractivity contribution in [2.75, 3.05) is 6.54 Å². The van der Waals surface area contributed by atoms with Crippen LogP contribution in [0, 0.1) is 13.8 Å². The van der Waals surface area contributed by atoms with Crippen molar-refractivity contribution in [2.24, 2.45) is 5.73 Å². The van der Waals surface area contributed by atoms with Gasteiger partial charge in [-0.3, -0.25) is 9.78 Å². The Morgan fingerprint density at radius 2 is 1.79 bits per heavy atom. The highest BCUT2D eigenvalue weighted by Gasteiger charge is 2.27. The number of nitrogens with one attached hydrogen (secondary N) is 1. The number of nitrogens with zero attached hydrogens (tertiary/aromatic N) is 1. The van der Waals surface area contributed by atoms with Gasteiger partial charge in [0.1, 0.15) is 12.4 Å². The second-order valence-corrected chi connectivity index (χ2v) is 6.73. The lowest BCUT2D eigenvalue weighted by Gasteiger charge is -2.31. The number of carbonyl (C=O) groups is 1. The van der Waals surface area contributed by atoms with Crippen molar-refractivity contribution in [1.29, 1.82) is 0 Å². The van der Waals surface area contributed by atoms with Crippen molar-refractivity contribution >= 4 is 30.7 Å². The molecular formula is C21H31Cl2N3O2. The maximum atomic E-state index is 12.7. The van der Waals surface area contributed by atoms with E-state index in [0.717, 1.165) is 35.3 Å². The molecule has 0 spiro atoms. The van der Waals surface area contributed by atoms with Gasteiger partial charge in [0.15, 0.2) is 0 Å². The molecule has 1 amide bonds. The molecule has 2 rings (SSSR count). The summed E-state index contributed by atoms with van der Waals surface area (Å²) >= 11 is 0. The van der Waals surface area contributed by atoms with E-state index >= 15 is 0 Å². The van der Waals surface area contributed by atoms with E-state index in [9.17, 15) is 4.79 Å². The zero-order valence-corrected chi connectivity index (χ0v) is 18.6.